The van der Waals surface area contributed by atoms with Crippen molar-refractivity contribution < 1.29 is 46.8 Å². The molecule has 6 aliphatic heterocycles. The molecule has 43 heteroatoms. The normalized spacial score (nSPS) is 16.6. The Labute approximate surface area is 887 Å². The summed E-state index contributed by atoms with van der Waals surface area (Å²) in [5.74, 6) is 1.60. The van der Waals surface area contributed by atoms with E-state index in [1.807, 2.05) is 65.3 Å². The summed E-state index contributed by atoms with van der Waals surface area (Å²) in [4.78, 5) is 13.8. The summed E-state index contributed by atoms with van der Waals surface area (Å²) < 4.78 is 146. The standard InChI is InChI=1S/C22H23Cl2N3O2S2.C20H21Cl2N3O2S2.C19H19Cl2N3O2S2.C19H20N2O2S3.C17H14Cl2N2O3S2/c23-17-4-5-19(24)21(14-17)30-20-6-3-16(15-25)13-22(20)31(28,29)27-11-7-18(8-12-27)26-9-1-2-10-26;1-24(2)16-7-9-25(10-8-16)29(26,27)20-11-14(13-23)3-6-18(20)28-19-12-15(21)4-5-17(19)22;1-23-7-2-8-24(10-9-23)28(25,26)19-11-14(13-22)3-6-17(19)27-18-12-15(20)4-5-16(18)21;1-14-3-4-15(2)18(11-14)25-17-6-5-16(13-20)12-19(17)26(22,23)21-7-9-24-10-8-21;18-13-2-3-14(19)16(10-13)25-15-4-1-12(11-20)9-17(15)26(22,23)21-5-7-24-8-6-21/h3-6,13-14,18H,1-2,7-12H2;3-6,11-12,16H,7-10H2,1-2H3;3-6,11-12H,2,7-10H2,1H3;3-6,11-12H,7-10H2,1-2H3;1-4,9-10H,5-8H2. The van der Waals surface area contributed by atoms with Gasteiger partial charge in [-0.15, -0.1) is 0 Å². The van der Waals surface area contributed by atoms with E-state index in [2.05, 4.69) is 32.9 Å². The number of morpholine rings is 1. The fourth-order valence-electron chi connectivity index (χ4n) is 15.6. The number of halogens is 8. The molecule has 10 aromatic rings. The van der Waals surface area contributed by atoms with Crippen molar-refractivity contribution in [2.75, 3.05) is 137 Å². The Bertz CT molecular complexity index is 6870. The minimum absolute atomic E-state index is 0.0829. The molecule has 6 aliphatic rings. The quantitative estimate of drug-likeness (QED) is 0.0608. The lowest BCUT2D eigenvalue weighted by molar-refractivity contribution is 0.0729. The largest absolute Gasteiger partial charge is 0.379 e. The molecule has 0 aliphatic carbocycles. The Morgan fingerprint density at radius 3 is 0.964 bits per heavy atom. The minimum atomic E-state index is -3.76. The highest BCUT2D eigenvalue weighted by molar-refractivity contribution is 8.02. The van der Waals surface area contributed by atoms with Crippen LogP contribution in [0.3, 0.4) is 0 Å². The van der Waals surface area contributed by atoms with Crippen LogP contribution < -0.4 is 0 Å². The van der Waals surface area contributed by atoms with Crippen LogP contribution in [-0.2, 0) is 54.9 Å². The third kappa shape index (κ3) is 29.5. The number of rotatable bonds is 22. The van der Waals surface area contributed by atoms with Crippen molar-refractivity contribution in [2.24, 2.45) is 0 Å². The number of thioether (sulfide) groups is 1. The van der Waals surface area contributed by atoms with Crippen molar-refractivity contribution in [1.29, 1.82) is 26.3 Å². The van der Waals surface area contributed by atoms with Gasteiger partial charge >= 0.3 is 0 Å². The Morgan fingerprint density at radius 1 is 0.329 bits per heavy atom. The number of benzene rings is 10. The molecule has 0 spiro atoms. The number of hydrogen-bond acceptors (Lipinski definition) is 25. The maximum absolute atomic E-state index is 13.6. The van der Waals surface area contributed by atoms with E-state index in [-0.39, 0.29) is 43.1 Å². The molecule has 0 amide bonds. The zero-order chi connectivity index (χ0) is 101. The lowest BCUT2D eigenvalue weighted by atomic mass is 10.1. The fraction of sp³-hybridized carbons (Fsp3) is 0.330. The fourth-order valence-corrected chi connectivity index (χ4v) is 33.1. The monoisotopic (exact) mass is 2250 g/mol. The number of sulfonamides is 5. The highest BCUT2D eigenvalue weighted by atomic mass is 35.5. The van der Waals surface area contributed by atoms with Gasteiger partial charge in [0.1, 0.15) is 0 Å². The molecule has 0 unspecified atom stereocenters. The highest BCUT2D eigenvalue weighted by Crippen LogP contribution is 2.46. The number of nitrogens with zero attached hydrogens (tertiary/aromatic N) is 13. The predicted octanol–water partition coefficient (Wildman–Crippen LogP) is 22.4. The van der Waals surface area contributed by atoms with Crippen molar-refractivity contribution >= 4 is 213 Å². The van der Waals surface area contributed by atoms with Gasteiger partial charge in [0.05, 0.1) is 116 Å². The maximum Gasteiger partial charge on any atom is 0.244 e. The molecule has 24 nitrogen and oxygen atoms in total. The Kier molecular flexibility index (Phi) is 41.4. The number of likely N-dealkylation sites (N-methyl/N-ethyl adjacent to an activating group) is 1. The number of ether oxygens (including phenoxy) is 1. The van der Waals surface area contributed by atoms with Crippen molar-refractivity contribution in [3.8, 4) is 30.3 Å². The predicted molar refractivity (Wildman–Crippen MR) is 563 cm³/mol. The van der Waals surface area contributed by atoms with Crippen LogP contribution >= 0.6 is 163 Å². The van der Waals surface area contributed by atoms with Crippen molar-refractivity contribution in [3.05, 3.63) is 261 Å². The van der Waals surface area contributed by atoms with E-state index in [1.165, 1.54) is 119 Å². The molecule has 140 heavy (non-hydrogen) atoms. The molecule has 0 N–H and O–H groups in total. The molecule has 738 valence electrons. The Balaban J connectivity index is 0.000000157. The van der Waals surface area contributed by atoms with Crippen molar-refractivity contribution in [2.45, 2.75) is 144 Å². The van der Waals surface area contributed by atoms with E-state index in [1.54, 1.807) is 150 Å². The SMILES string of the molecule is CN(C)C1CCN(S(=O)(=O)c2cc(C#N)ccc2Sc2cc(Cl)ccc2Cl)CC1.CN1CCCN(S(=O)(=O)c2cc(C#N)ccc2Sc2cc(Cl)ccc2Cl)CC1.Cc1ccc(C)c(Sc2ccc(C#N)cc2S(=O)(=O)N2CCSCC2)c1.N#Cc1ccc(Sc2cc(Cl)ccc2Cl)c(S(=O)(=O)N2CCC(N3CCCC3)CC2)c1.N#Cc1ccc(Sc2cc(Cl)ccc2Cl)c(S(=O)(=O)N2CCOCC2)c1. The van der Waals surface area contributed by atoms with Crippen LogP contribution in [0.4, 0.5) is 0 Å². The average Bonchev–Trinajstić information content (AvgIpc) is 0.811. The molecular weight excluding hydrogens is 2160 g/mol. The van der Waals surface area contributed by atoms with Crippen LogP contribution in [0.5, 0.6) is 0 Å². The minimum Gasteiger partial charge on any atom is -0.379 e. The number of likely N-dealkylation sites (tertiary alicyclic amines) is 1. The van der Waals surface area contributed by atoms with Gasteiger partial charge in [-0.25, -0.2) is 42.1 Å². The van der Waals surface area contributed by atoms with Gasteiger partial charge in [-0.1, -0.05) is 164 Å². The first-order chi connectivity index (χ1) is 66.7. The molecule has 16 rings (SSSR count). The summed E-state index contributed by atoms with van der Waals surface area (Å²) in [6.07, 6.45) is 6.42. The molecular formula is C97H97Cl8N13O11S11. The number of aryl methyl sites for hydroxylation is 2. The Hall–Kier alpha value is -6.54. The molecule has 0 atom stereocenters. The molecule has 0 aromatic heterocycles. The molecule has 6 heterocycles. The molecule has 0 saturated carbocycles. The highest BCUT2D eigenvalue weighted by Gasteiger charge is 2.38. The summed E-state index contributed by atoms with van der Waals surface area (Å²) in [5.41, 5.74) is 3.78. The first-order valence-corrected chi connectivity index (χ1v) is 59.4. The van der Waals surface area contributed by atoms with Crippen LogP contribution in [0.1, 0.15) is 83.9 Å². The molecule has 6 saturated heterocycles. The Morgan fingerprint density at radius 2 is 0.636 bits per heavy atom. The van der Waals surface area contributed by atoms with Gasteiger partial charge in [0.15, 0.2) is 0 Å². The van der Waals surface area contributed by atoms with E-state index in [4.69, 9.17) is 97.5 Å². The average molecular weight is 2260 g/mol. The van der Waals surface area contributed by atoms with E-state index in [0.717, 1.165) is 79.3 Å². The van der Waals surface area contributed by atoms with E-state index in [0.29, 0.717) is 191 Å². The summed E-state index contributed by atoms with van der Waals surface area (Å²) in [6.45, 7) is 12.8. The summed E-state index contributed by atoms with van der Waals surface area (Å²) in [6, 6.07) is 61.0. The van der Waals surface area contributed by atoms with Crippen LogP contribution in [0.2, 0.25) is 40.2 Å². The van der Waals surface area contributed by atoms with Crippen molar-refractivity contribution in [1.82, 2.24) is 36.2 Å². The smallest absolute Gasteiger partial charge is 0.244 e. The number of nitriles is 5. The number of hydrogen-bond donors (Lipinski definition) is 0. The van der Waals surface area contributed by atoms with Gasteiger partial charge in [0.2, 0.25) is 50.1 Å². The molecule has 10 aromatic carbocycles. The lowest BCUT2D eigenvalue weighted by Gasteiger charge is -2.36. The lowest BCUT2D eigenvalue weighted by Crippen LogP contribution is -2.45. The number of piperidine rings is 2. The molecule has 0 radical (unpaired) electrons. The summed E-state index contributed by atoms with van der Waals surface area (Å²) >= 11 is 57.4. The first-order valence-electron chi connectivity index (χ1n) is 44.0. The second-order valence-corrected chi connectivity index (χ2v) is 52.6. The van der Waals surface area contributed by atoms with Gasteiger partial charge < -0.3 is 19.4 Å². The maximum atomic E-state index is 13.6. The summed E-state index contributed by atoms with van der Waals surface area (Å²) in [5, 5.41) is 50.3. The molecule has 0 bridgehead atoms. The van der Waals surface area contributed by atoms with Crippen LogP contribution in [0.15, 0.2) is 255 Å². The van der Waals surface area contributed by atoms with Crippen molar-refractivity contribution in [3.63, 3.8) is 0 Å². The molecule has 6 fully saturated rings. The first kappa shape index (κ1) is 112. The van der Waals surface area contributed by atoms with E-state index < -0.39 is 50.1 Å². The zero-order valence-corrected chi connectivity index (χ0v) is 91.5. The second kappa shape index (κ2) is 51.7. The third-order valence-electron chi connectivity index (χ3n) is 23.3. The van der Waals surface area contributed by atoms with E-state index in [9.17, 15) is 68.4 Å². The van der Waals surface area contributed by atoms with Crippen LogP contribution in [0.25, 0.3) is 0 Å². The topological polar surface area (TPSA) is 325 Å². The third-order valence-corrected chi connectivity index (χ3v) is 43.1. The summed E-state index contributed by atoms with van der Waals surface area (Å²) in [7, 11) is -12.6. The zero-order valence-electron chi connectivity index (χ0n) is 76.5. The van der Waals surface area contributed by atoms with E-state index >= 15 is 0 Å². The van der Waals surface area contributed by atoms with Gasteiger partial charge in [-0.2, -0.15) is 59.6 Å². The van der Waals surface area contributed by atoms with Gasteiger partial charge in [-0.05, 0) is 281 Å². The van der Waals surface area contributed by atoms with Gasteiger partial charge in [-0.3, -0.25) is 0 Å². The van der Waals surface area contributed by atoms with Gasteiger partial charge in [0, 0.05) is 165 Å². The van der Waals surface area contributed by atoms with Gasteiger partial charge in [0.25, 0.3) is 0 Å². The van der Waals surface area contributed by atoms with Crippen LogP contribution in [-0.4, -0.2) is 228 Å². The second-order valence-electron chi connectivity index (χ2n) is 33.0. The van der Waals surface area contributed by atoms with Crippen LogP contribution in [0, 0.1) is 70.5 Å².